The van der Waals surface area contributed by atoms with Crippen LogP contribution >= 0.6 is 0 Å². The first-order chi connectivity index (χ1) is 4.67. The summed E-state index contributed by atoms with van der Waals surface area (Å²) in [4.78, 5) is 0. The summed E-state index contributed by atoms with van der Waals surface area (Å²) in [5.74, 6) is -3.55. The fourth-order valence-corrected chi connectivity index (χ4v) is 0.738. The molecular weight excluding hydrogens is 133 g/mol. The van der Waals surface area contributed by atoms with E-state index < -0.39 is 11.8 Å². The summed E-state index contributed by atoms with van der Waals surface area (Å²) >= 11 is 0. The molecule has 2 nitrogen and oxygen atoms in total. The second-order valence-corrected chi connectivity index (χ2v) is 2.08. The Morgan fingerprint density at radius 2 is 2.30 bits per heavy atom. The summed E-state index contributed by atoms with van der Waals surface area (Å²) < 4.78 is 12.7. The van der Waals surface area contributed by atoms with Crippen molar-refractivity contribution in [3.8, 4) is 6.07 Å². The van der Waals surface area contributed by atoms with Crippen LogP contribution in [-0.4, -0.2) is 11.0 Å². The number of hydrogen-bond donors (Lipinski definition) is 1. The second-order valence-electron chi connectivity index (χ2n) is 2.08. The largest absolute Gasteiger partial charge is 0.357 e. The topological polar surface area (TPSA) is 44.0 Å². The van der Waals surface area contributed by atoms with Crippen molar-refractivity contribution in [1.82, 2.24) is 0 Å². The molecule has 0 saturated carbocycles. The molecule has 0 heterocycles. The quantitative estimate of drug-likeness (QED) is 0.542. The molecule has 52 valence electrons. The number of halogens is 1. The van der Waals surface area contributed by atoms with Crippen LogP contribution in [-0.2, 0) is 0 Å². The van der Waals surface area contributed by atoms with Gasteiger partial charge in [0.25, 0.3) is 0 Å². The van der Waals surface area contributed by atoms with Crippen LogP contribution in [0.3, 0.4) is 0 Å². The van der Waals surface area contributed by atoms with Crippen molar-refractivity contribution in [3.05, 3.63) is 24.3 Å². The van der Waals surface area contributed by atoms with Crippen LogP contribution in [0.2, 0.25) is 0 Å². The zero-order valence-corrected chi connectivity index (χ0v) is 5.16. The Kier molecular flexibility index (Phi) is 1.56. The van der Waals surface area contributed by atoms with Gasteiger partial charge in [-0.25, -0.2) is 4.39 Å². The van der Waals surface area contributed by atoms with Gasteiger partial charge in [0.1, 0.15) is 5.92 Å². The molecule has 1 rings (SSSR count). The Hall–Kier alpha value is -1.14. The first kappa shape index (κ1) is 6.97. The van der Waals surface area contributed by atoms with Crippen LogP contribution in [0.25, 0.3) is 0 Å². The molecule has 0 aromatic heterocycles. The minimum absolute atomic E-state index is 0.959. The number of aliphatic hydroxyl groups is 1. The smallest absolute Gasteiger partial charge is 0.245 e. The van der Waals surface area contributed by atoms with Gasteiger partial charge in [0.2, 0.25) is 5.85 Å². The molecule has 0 aromatic carbocycles. The molecule has 2 unspecified atom stereocenters. The Labute approximate surface area is 57.9 Å². The molecule has 1 aliphatic rings. The second kappa shape index (κ2) is 2.24. The predicted octanol–water partition coefficient (Wildman–Crippen LogP) is 0.910. The average Bonchev–Trinajstić information content (AvgIpc) is 1.87. The first-order valence-corrected chi connectivity index (χ1v) is 2.84. The van der Waals surface area contributed by atoms with E-state index >= 15 is 0 Å². The van der Waals surface area contributed by atoms with Gasteiger partial charge in [-0.15, -0.1) is 0 Å². The molecule has 0 bridgehead atoms. The van der Waals surface area contributed by atoms with Crippen LogP contribution in [0.5, 0.6) is 0 Å². The molecule has 0 saturated heterocycles. The van der Waals surface area contributed by atoms with Gasteiger partial charge in [0.15, 0.2) is 0 Å². The molecule has 0 spiro atoms. The highest BCUT2D eigenvalue weighted by Crippen LogP contribution is 2.24. The number of allylic oxidation sites excluding steroid dienone is 2. The van der Waals surface area contributed by atoms with Crippen molar-refractivity contribution in [3.63, 3.8) is 0 Å². The maximum Gasteiger partial charge on any atom is 0.245 e. The van der Waals surface area contributed by atoms with Crippen LogP contribution in [0.4, 0.5) is 4.39 Å². The van der Waals surface area contributed by atoms with Crippen LogP contribution < -0.4 is 0 Å². The number of nitrogens with zero attached hydrogens (tertiary/aromatic N) is 1. The van der Waals surface area contributed by atoms with E-state index in [9.17, 15) is 4.39 Å². The molecule has 0 aliphatic heterocycles. The molecular formula is C7H6FNO. The van der Waals surface area contributed by atoms with Crippen LogP contribution in [0.15, 0.2) is 24.3 Å². The van der Waals surface area contributed by atoms with Crippen molar-refractivity contribution in [2.75, 3.05) is 0 Å². The van der Waals surface area contributed by atoms with Crippen LogP contribution in [0.1, 0.15) is 0 Å². The van der Waals surface area contributed by atoms with E-state index in [0.717, 1.165) is 6.08 Å². The minimum Gasteiger partial charge on any atom is -0.357 e. The fraction of sp³-hybridized carbons (Fsp3) is 0.286. The minimum atomic E-state index is -2.48. The van der Waals surface area contributed by atoms with E-state index in [1.807, 2.05) is 0 Å². The van der Waals surface area contributed by atoms with Crippen molar-refractivity contribution in [1.29, 1.82) is 5.26 Å². The number of rotatable bonds is 0. The van der Waals surface area contributed by atoms with Crippen molar-refractivity contribution < 1.29 is 9.50 Å². The summed E-state index contributed by atoms with van der Waals surface area (Å²) in [5.41, 5.74) is 0. The third-order valence-corrected chi connectivity index (χ3v) is 1.32. The average molecular weight is 139 g/mol. The monoisotopic (exact) mass is 139 g/mol. The summed E-state index contributed by atoms with van der Waals surface area (Å²) in [6.45, 7) is 0. The molecule has 0 radical (unpaired) electrons. The van der Waals surface area contributed by atoms with E-state index in [4.69, 9.17) is 10.4 Å². The Morgan fingerprint density at radius 1 is 1.60 bits per heavy atom. The van der Waals surface area contributed by atoms with Gasteiger partial charge in [0.05, 0.1) is 6.07 Å². The van der Waals surface area contributed by atoms with Gasteiger partial charge >= 0.3 is 0 Å². The Bertz CT molecular complexity index is 224. The van der Waals surface area contributed by atoms with Gasteiger partial charge in [-0.3, -0.25) is 0 Å². The highest BCUT2D eigenvalue weighted by molar-refractivity contribution is 5.23. The summed E-state index contributed by atoms with van der Waals surface area (Å²) in [6, 6.07) is 1.63. The maximum absolute atomic E-state index is 12.7. The molecule has 0 fully saturated rings. The normalized spacial score (nSPS) is 37.5. The molecule has 1 aliphatic carbocycles. The summed E-state index contributed by atoms with van der Waals surface area (Å²) in [6.07, 6.45) is 5.18. The maximum atomic E-state index is 12.7. The first-order valence-electron chi connectivity index (χ1n) is 2.84. The van der Waals surface area contributed by atoms with Crippen LogP contribution in [0, 0.1) is 17.2 Å². The number of alkyl halides is 1. The van der Waals surface area contributed by atoms with E-state index in [0.29, 0.717) is 0 Å². The molecule has 2 atom stereocenters. The van der Waals surface area contributed by atoms with Gasteiger partial charge in [0, 0.05) is 0 Å². The van der Waals surface area contributed by atoms with Crippen molar-refractivity contribution in [2.24, 2.45) is 5.92 Å². The number of hydrogen-bond acceptors (Lipinski definition) is 2. The molecule has 0 aromatic rings. The zero-order valence-electron chi connectivity index (χ0n) is 5.16. The summed E-state index contributed by atoms with van der Waals surface area (Å²) in [5, 5.41) is 17.1. The fourth-order valence-electron chi connectivity index (χ4n) is 0.738. The Morgan fingerprint density at radius 3 is 2.70 bits per heavy atom. The predicted molar refractivity (Wildman–Crippen MR) is 33.4 cm³/mol. The lowest BCUT2D eigenvalue weighted by atomic mass is 9.97. The van der Waals surface area contributed by atoms with Crippen molar-refractivity contribution in [2.45, 2.75) is 5.85 Å². The SMILES string of the molecule is N#CC1C=CC=CC1(O)F. The lowest BCUT2D eigenvalue weighted by Crippen LogP contribution is -2.29. The lowest BCUT2D eigenvalue weighted by molar-refractivity contribution is -0.0614. The lowest BCUT2D eigenvalue weighted by Gasteiger charge is -2.19. The summed E-state index contributed by atoms with van der Waals surface area (Å²) in [7, 11) is 0. The van der Waals surface area contributed by atoms with Gasteiger partial charge in [-0.2, -0.15) is 5.26 Å². The van der Waals surface area contributed by atoms with Gasteiger partial charge in [-0.1, -0.05) is 18.2 Å². The van der Waals surface area contributed by atoms with E-state index in [1.165, 1.54) is 18.2 Å². The zero-order chi connectivity index (χ0) is 7.61. The molecule has 0 amide bonds. The highest BCUT2D eigenvalue weighted by atomic mass is 19.2. The van der Waals surface area contributed by atoms with Crippen molar-refractivity contribution >= 4 is 0 Å². The highest BCUT2D eigenvalue weighted by Gasteiger charge is 2.33. The van der Waals surface area contributed by atoms with E-state index in [1.54, 1.807) is 6.07 Å². The van der Waals surface area contributed by atoms with Gasteiger partial charge < -0.3 is 5.11 Å². The molecule has 10 heavy (non-hydrogen) atoms. The third kappa shape index (κ3) is 1.07. The molecule has 1 N–H and O–H groups in total. The third-order valence-electron chi connectivity index (χ3n) is 1.32. The number of nitriles is 1. The molecule has 3 heteroatoms. The standard InChI is InChI=1S/C7H6FNO/c8-7(10)4-2-1-3-6(7)5-9/h1-4,6,10H. The van der Waals surface area contributed by atoms with E-state index in [-0.39, 0.29) is 0 Å². The Balaban J connectivity index is 2.87. The van der Waals surface area contributed by atoms with E-state index in [2.05, 4.69) is 0 Å². The van der Waals surface area contributed by atoms with Gasteiger partial charge in [-0.05, 0) is 6.08 Å².